The minimum absolute atomic E-state index is 0.0555. The van der Waals surface area contributed by atoms with Gasteiger partial charge >= 0.3 is 0 Å². The molecule has 8 nitrogen and oxygen atoms in total. The molecule has 2 aromatic heterocycles. The van der Waals surface area contributed by atoms with E-state index in [4.69, 9.17) is 0 Å². The highest BCUT2D eigenvalue weighted by molar-refractivity contribution is 8.00. The average Bonchev–Trinajstić information content (AvgIpc) is 3.24. The number of carbonyl (C=O) groups is 2. The number of benzene rings is 2. The second-order valence-corrected chi connectivity index (χ2v) is 8.04. The molecule has 2 N–H and O–H groups in total. The standard InChI is InChI=1S/C23H22N6O2S/c1-3-20(30)27-16-8-10-17(11-9-16)28-21(31)13-32-23-18-12-26-29(22(18)24-14-25-23)19-7-5-4-6-15(19)2/h4-12,14H,3,13H2,1-2H3,(H,27,30)(H,28,31). The molecule has 9 heteroatoms. The van der Waals surface area contributed by atoms with Crippen LogP contribution in [0.1, 0.15) is 18.9 Å². The van der Waals surface area contributed by atoms with Crippen molar-refractivity contribution < 1.29 is 9.59 Å². The van der Waals surface area contributed by atoms with Gasteiger partial charge in [-0.1, -0.05) is 36.9 Å². The zero-order chi connectivity index (χ0) is 22.5. The zero-order valence-electron chi connectivity index (χ0n) is 17.7. The number of aryl methyl sites for hydroxylation is 1. The third-order valence-corrected chi connectivity index (χ3v) is 5.79. The predicted molar refractivity (Wildman–Crippen MR) is 126 cm³/mol. The molecule has 2 heterocycles. The van der Waals surface area contributed by atoms with E-state index in [-0.39, 0.29) is 17.6 Å². The molecule has 0 saturated heterocycles. The Hall–Kier alpha value is -3.72. The van der Waals surface area contributed by atoms with E-state index < -0.39 is 0 Å². The lowest BCUT2D eigenvalue weighted by atomic mass is 10.2. The van der Waals surface area contributed by atoms with Crippen molar-refractivity contribution in [2.45, 2.75) is 25.3 Å². The molecule has 162 valence electrons. The number of hydrogen-bond donors (Lipinski definition) is 2. The number of hydrogen-bond acceptors (Lipinski definition) is 6. The van der Waals surface area contributed by atoms with Gasteiger partial charge in [-0.05, 0) is 42.8 Å². The maximum atomic E-state index is 12.4. The molecule has 0 fully saturated rings. The van der Waals surface area contributed by atoms with Gasteiger partial charge in [0.05, 0.1) is 23.0 Å². The molecule has 4 aromatic rings. The minimum Gasteiger partial charge on any atom is -0.326 e. The van der Waals surface area contributed by atoms with Gasteiger partial charge < -0.3 is 10.6 Å². The zero-order valence-corrected chi connectivity index (χ0v) is 18.5. The van der Waals surface area contributed by atoms with E-state index in [1.54, 1.807) is 42.1 Å². The summed E-state index contributed by atoms with van der Waals surface area (Å²) in [5, 5.41) is 11.6. The van der Waals surface area contributed by atoms with E-state index in [0.717, 1.165) is 16.6 Å². The van der Waals surface area contributed by atoms with Gasteiger partial charge in [0.25, 0.3) is 0 Å². The Morgan fingerprint density at radius 1 is 0.969 bits per heavy atom. The Balaban J connectivity index is 1.43. The van der Waals surface area contributed by atoms with Crippen molar-refractivity contribution in [3.8, 4) is 5.69 Å². The molecule has 4 rings (SSSR count). The first-order valence-corrected chi connectivity index (χ1v) is 11.1. The SMILES string of the molecule is CCC(=O)Nc1ccc(NC(=O)CSc2ncnc3c2cnn3-c2ccccc2C)cc1. The first kappa shape index (κ1) is 21.5. The lowest BCUT2D eigenvalue weighted by Crippen LogP contribution is -2.14. The monoisotopic (exact) mass is 446 g/mol. The third-order valence-electron chi connectivity index (χ3n) is 4.79. The normalized spacial score (nSPS) is 10.8. The van der Waals surface area contributed by atoms with E-state index in [1.165, 1.54) is 18.1 Å². The smallest absolute Gasteiger partial charge is 0.234 e. The van der Waals surface area contributed by atoms with Gasteiger partial charge in [-0.15, -0.1) is 0 Å². The average molecular weight is 447 g/mol. The fourth-order valence-electron chi connectivity index (χ4n) is 3.13. The van der Waals surface area contributed by atoms with Crippen LogP contribution < -0.4 is 10.6 Å². The van der Waals surface area contributed by atoms with Gasteiger partial charge in [-0.2, -0.15) is 5.10 Å². The summed E-state index contributed by atoms with van der Waals surface area (Å²) in [6.07, 6.45) is 3.63. The molecule has 0 radical (unpaired) electrons. The topological polar surface area (TPSA) is 102 Å². The van der Waals surface area contributed by atoms with E-state index in [0.29, 0.717) is 28.5 Å². The van der Waals surface area contributed by atoms with Crippen molar-refractivity contribution in [1.82, 2.24) is 19.7 Å². The summed E-state index contributed by atoms with van der Waals surface area (Å²) in [7, 11) is 0. The van der Waals surface area contributed by atoms with E-state index in [1.807, 2.05) is 31.2 Å². The molecule has 0 aliphatic heterocycles. The number of anilines is 2. The highest BCUT2D eigenvalue weighted by atomic mass is 32.2. The lowest BCUT2D eigenvalue weighted by molar-refractivity contribution is -0.116. The molecule has 0 spiro atoms. The van der Waals surface area contributed by atoms with E-state index in [2.05, 4.69) is 25.7 Å². The summed E-state index contributed by atoms with van der Waals surface area (Å²) in [6.45, 7) is 3.81. The first-order valence-electron chi connectivity index (χ1n) is 10.1. The van der Waals surface area contributed by atoms with Crippen molar-refractivity contribution in [2.24, 2.45) is 0 Å². The molecule has 2 amide bonds. The second-order valence-electron chi connectivity index (χ2n) is 7.07. The predicted octanol–water partition coefficient (Wildman–Crippen LogP) is 4.20. The van der Waals surface area contributed by atoms with Crippen LogP contribution in [0, 0.1) is 6.92 Å². The fraction of sp³-hybridized carbons (Fsp3) is 0.174. The van der Waals surface area contributed by atoms with Gasteiger partial charge in [-0.3, -0.25) is 9.59 Å². The molecule has 0 unspecified atom stereocenters. The van der Waals surface area contributed by atoms with Crippen molar-refractivity contribution in [2.75, 3.05) is 16.4 Å². The number of nitrogens with zero attached hydrogens (tertiary/aromatic N) is 4. The third kappa shape index (κ3) is 4.78. The number of nitrogens with one attached hydrogen (secondary N) is 2. The van der Waals surface area contributed by atoms with Gasteiger partial charge in [0.1, 0.15) is 11.4 Å². The summed E-state index contributed by atoms with van der Waals surface area (Å²) in [6, 6.07) is 15.0. The van der Waals surface area contributed by atoms with Crippen LogP contribution in [0.15, 0.2) is 66.1 Å². The van der Waals surface area contributed by atoms with Crippen molar-refractivity contribution in [1.29, 1.82) is 0 Å². The molecular weight excluding hydrogens is 424 g/mol. The molecule has 0 saturated carbocycles. The van der Waals surface area contributed by atoms with E-state index >= 15 is 0 Å². The molecule has 32 heavy (non-hydrogen) atoms. The Kier molecular flexibility index (Phi) is 6.46. The molecule has 0 aliphatic carbocycles. The van der Waals surface area contributed by atoms with Crippen LogP contribution in [0.4, 0.5) is 11.4 Å². The molecule has 0 atom stereocenters. The van der Waals surface area contributed by atoms with Crippen molar-refractivity contribution >= 4 is 46.0 Å². The number of carbonyl (C=O) groups excluding carboxylic acids is 2. The summed E-state index contributed by atoms with van der Waals surface area (Å²) in [5.74, 6) is -0.0193. The first-order chi connectivity index (χ1) is 15.5. The maximum absolute atomic E-state index is 12.4. The number of amides is 2. The van der Waals surface area contributed by atoms with Crippen LogP contribution in [0.2, 0.25) is 0 Å². The lowest BCUT2D eigenvalue weighted by Gasteiger charge is -2.08. The summed E-state index contributed by atoms with van der Waals surface area (Å²) in [5.41, 5.74) is 4.09. The van der Waals surface area contributed by atoms with Crippen LogP contribution in [-0.4, -0.2) is 37.3 Å². The minimum atomic E-state index is -0.154. The Morgan fingerprint density at radius 2 is 1.66 bits per heavy atom. The van der Waals surface area contributed by atoms with Crippen LogP contribution >= 0.6 is 11.8 Å². The van der Waals surface area contributed by atoms with Crippen LogP contribution in [0.25, 0.3) is 16.7 Å². The quantitative estimate of drug-likeness (QED) is 0.326. The highest BCUT2D eigenvalue weighted by Gasteiger charge is 2.14. The Labute approximate surface area is 189 Å². The number of para-hydroxylation sites is 1. The van der Waals surface area contributed by atoms with Gasteiger partial charge in [0, 0.05) is 17.8 Å². The van der Waals surface area contributed by atoms with Crippen LogP contribution in [-0.2, 0) is 9.59 Å². The summed E-state index contributed by atoms with van der Waals surface area (Å²) in [4.78, 5) is 32.6. The number of thioether (sulfide) groups is 1. The Bertz CT molecular complexity index is 1270. The van der Waals surface area contributed by atoms with Crippen molar-refractivity contribution in [3.05, 3.63) is 66.6 Å². The van der Waals surface area contributed by atoms with Gasteiger partial charge in [0.2, 0.25) is 11.8 Å². The fourth-order valence-corrected chi connectivity index (χ4v) is 3.89. The summed E-state index contributed by atoms with van der Waals surface area (Å²) >= 11 is 1.33. The molecule has 0 bridgehead atoms. The van der Waals surface area contributed by atoms with E-state index in [9.17, 15) is 9.59 Å². The van der Waals surface area contributed by atoms with Crippen LogP contribution in [0.5, 0.6) is 0 Å². The van der Waals surface area contributed by atoms with Crippen LogP contribution in [0.3, 0.4) is 0 Å². The Morgan fingerprint density at radius 3 is 2.34 bits per heavy atom. The molecular formula is C23H22N6O2S. The van der Waals surface area contributed by atoms with Gasteiger partial charge in [0.15, 0.2) is 5.65 Å². The molecule has 2 aromatic carbocycles. The van der Waals surface area contributed by atoms with Gasteiger partial charge in [-0.25, -0.2) is 14.6 Å². The molecule has 0 aliphatic rings. The number of fused-ring (bicyclic) bond motifs is 1. The second kappa shape index (κ2) is 9.61. The summed E-state index contributed by atoms with van der Waals surface area (Å²) < 4.78 is 1.79. The number of aromatic nitrogens is 4. The number of rotatable bonds is 7. The highest BCUT2D eigenvalue weighted by Crippen LogP contribution is 2.26. The van der Waals surface area contributed by atoms with Crippen molar-refractivity contribution in [3.63, 3.8) is 0 Å². The largest absolute Gasteiger partial charge is 0.326 e. The maximum Gasteiger partial charge on any atom is 0.234 e.